The van der Waals surface area contributed by atoms with Crippen LogP contribution in [0.15, 0.2) is 0 Å². The summed E-state index contributed by atoms with van der Waals surface area (Å²) in [4.78, 5) is 13.6. The molecular formula is C12H23NO3. The van der Waals surface area contributed by atoms with E-state index >= 15 is 0 Å². The second-order valence-electron chi connectivity index (χ2n) is 4.43. The Labute approximate surface area is 97.9 Å². The van der Waals surface area contributed by atoms with Crippen LogP contribution in [-0.4, -0.2) is 50.3 Å². The van der Waals surface area contributed by atoms with Crippen LogP contribution in [0.1, 0.15) is 26.7 Å². The Kier molecular flexibility index (Phi) is 5.77. The van der Waals surface area contributed by atoms with Crippen molar-refractivity contribution in [3.05, 3.63) is 0 Å². The highest BCUT2D eigenvalue weighted by Crippen LogP contribution is 2.19. The van der Waals surface area contributed by atoms with Gasteiger partial charge in [0.05, 0.1) is 6.10 Å². The van der Waals surface area contributed by atoms with Crippen molar-refractivity contribution >= 4 is 5.91 Å². The summed E-state index contributed by atoms with van der Waals surface area (Å²) < 4.78 is 10.6. The standard InChI is InChI=1S/C12H23NO3/c1-4-7-16-9-12(14)13-6-5-10(2)11(8-13)15-3/h10-11H,4-9H2,1-3H3. The van der Waals surface area contributed by atoms with Crippen molar-refractivity contribution in [2.75, 3.05) is 33.4 Å². The molecule has 1 rings (SSSR count). The van der Waals surface area contributed by atoms with Crippen LogP contribution in [0.3, 0.4) is 0 Å². The lowest BCUT2D eigenvalue weighted by molar-refractivity contribution is -0.141. The first kappa shape index (κ1) is 13.5. The average molecular weight is 229 g/mol. The third-order valence-corrected chi connectivity index (χ3v) is 3.12. The van der Waals surface area contributed by atoms with Gasteiger partial charge in [0.15, 0.2) is 0 Å². The van der Waals surface area contributed by atoms with E-state index in [2.05, 4.69) is 6.92 Å². The number of nitrogens with zero attached hydrogens (tertiary/aromatic N) is 1. The van der Waals surface area contributed by atoms with Gasteiger partial charge in [-0.05, 0) is 18.8 Å². The molecule has 2 atom stereocenters. The Morgan fingerprint density at radius 1 is 1.50 bits per heavy atom. The molecule has 0 aromatic heterocycles. The fourth-order valence-electron chi connectivity index (χ4n) is 1.96. The molecule has 1 aliphatic rings. The number of hydrogen-bond acceptors (Lipinski definition) is 3. The normalized spacial score (nSPS) is 25.8. The zero-order valence-electron chi connectivity index (χ0n) is 10.6. The van der Waals surface area contributed by atoms with Gasteiger partial charge in [-0.1, -0.05) is 13.8 Å². The van der Waals surface area contributed by atoms with E-state index in [0.717, 1.165) is 19.4 Å². The van der Waals surface area contributed by atoms with Gasteiger partial charge in [0, 0.05) is 26.8 Å². The third-order valence-electron chi connectivity index (χ3n) is 3.12. The third kappa shape index (κ3) is 3.76. The van der Waals surface area contributed by atoms with E-state index in [1.807, 2.05) is 11.8 Å². The molecule has 0 aromatic rings. The number of ether oxygens (including phenoxy) is 2. The van der Waals surface area contributed by atoms with E-state index in [0.29, 0.717) is 19.1 Å². The molecule has 1 aliphatic heterocycles. The molecule has 0 aliphatic carbocycles. The highest BCUT2D eigenvalue weighted by atomic mass is 16.5. The summed E-state index contributed by atoms with van der Waals surface area (Å²) in [6.07, 6.45) is 2.13. The topological polar surface area (TPSA) is 38.8 Å². The zero-order valence-corrected chi connectivity index (χ0v) is 10.6. The summed E-state index contributed by atoms with van der Waals surface area (Å²) in [5, 5.41) is 0. The molecule has 94 valence electrons. The minimum Gasteiger partial charge on any atom is -0.379 e. The van der Waals surface area contributed by atoms with Crippen molar-refractivity contribution in [1.82, 2.24) is 4.90 Å². The first-order valence-corrected chi connectivity index (χ1v) is 6.07. The summed E-state index contributed by atoms with van der Waals surface area (Å²) in [5.41, 5.74) is 0. The van der Waals surface area contributed by atoms with E-state index in [-0.39, 0.29) is 18.6 Å². The minimum atomic E-state index is 0.0856. The van der Waals surface area contributed by atoms with Crippen LogP contribution in [0.2, 0.25) is 0 Å². The largest absolute Gasteiger partial charge is 0.379 e. The molecule has 2 unspecified atom stereocenters. The van der Waals surface area contributed by atoms with Crippen molar-refractivity contribution in [2.24, 2.45) is 5.92 Å². The van der Waals surface area contributed by atoms with Crippen LogP contribution >= 0.6 is 0 Å². The molecule has 0 aromatic carbocycles. The molecule has 16 heavy (non-hydrogen) atoms. The maximum atomic E-state index is 11.8. The second-order valence-corrected chi connectivity index (χ2v) is 4.43. The van der Waals surface area contributed by atoms with Crippen molar-refractivity contribution in [1.29, 1.82) is 0 Å². The molecule has 1 saturated heterocycles. The molecule has 0 N–H and O–H groups in total. The summed E-state index contributed by atoms with van der Waals surface area (Å²) in [7, 11) is 1.71. The van der Waals surface area contributed by atoms with Gasteiger partial charge in [0.2, 0.25) is 5.91 Å². The number of hydrogen-bond donors (Lipinski definition) is 0. The van der Waals surface area contributed by atoms with Crippen LogP contribution in [0, 0.1) is 5.92 Å². The van der Waals surface area contributed by atoms with Gasteiger partial charge in [-0.2, -0.15) is 0 Å². The second kappa shape index (κ2) is 6.86. The van der Waals surface area contributed by atoms with Crippen LogP contribution < -0.4 is 0 Å². The smallest absolute Gasteiger partial charge is 0.248 e. The number of piperidine rings is 1. The lowest BCUT2D eigenvalue weighted by Gasteiger charge is -2.36. The molecule has 0 saturated carbocycles. The molecular weight excluding hydrogens is 206 g/mol. The van der Waals surface area contributed by atoms with Crippen molar-refractivity contribution in [3.63, 3.8) is 0 Å². The van der Waals surface area contributed by atoms with Gasteiger partial charge in [-0.3, -0.25) is 4.79 Å². The Bertz CT molecular complexity index is 220. The fourth-order valence-corrected chi connectivity index (χ4v) is 1.96. The van der Waals surface area contributed by atoms with Crippen molar-refractivity contribution in [3.8, 4) is 0 Å². The summed E-state index contributed by atoms with van der Waals surface area (Å²) in [6, 6.07) is 0. The molecule has 4 heteroatoms. The predicted octanol–water partition coefficient (Wildman–Crippen LogP) is 1.30. The first-order chi connectivity index (χ1) is 7.69. The molecule has 1 fully saturated rings. The number of rotatable bonds is 5. The number of carbonyl (C=O) groups excluding carboxylic acids is 1. The highest BCUT2D eigenvalue weighted by molar-refractivity contribution is 5.77. The average Bonchev–Trinajstić information content (AvgIpc) is 2.30. The quantitative estimate of drug-likeness (QED) is 0.667. The molecule has 0 bridgehead atoms. The van der Waals surface area contributed by atoms with Crippen LogP contribution in [0.25, 0.3) is 0 Å². The number of amides is 1. The lowest BCUT2D eigenvalue weighted by Crippen LogP contribution is -2.47. The van der Waals surface area contributed by atoms with E-state index in [4.69, 9.17) is 9.47 Å². The Hall–Kier alpha value is -0.610. The minimum absolute atomic E-state index is 0.0856. The van der Waals surface area contributed by atoms with Gasteiger partial charge >= 0.3 is 0 Å². The summed E-state index contributed by atoms with van der Waals surface area (Å²) in [5.74, 6) is 0.619. The Balaban J connectivity index is 2.33. The monoisotopic (exact) mass is 229 g/mol. The fraction of sp³-hybridized carbons (Fsp3) is 0.917. The first-order valence-electron chi connectivity index (χ1n) is 6.07. The molecule has 4 nitrogen and oxygen atoms in total. The van der Waals surface area contributed by atoms with Gasteiger partial charge < -0.3 is 14.4 Å². The van der Waals surface area contributed by atoms with Gasteiger partial charge in [0.25, 0.3) is 0 Å². The molecule has 0 radical (unpaired) electrons. The van der Waals surface area contributed by atoms with E-state index < -0.39 is 0 Å². The summed E-state index contributed by atoms with van der Waals surface area (Å²) in [6.45, 7) is 6.60. The SMILES string of the molecule is CCCOCC(=O)N1CCC(C)C(OC)C1. The number of methoxy groups -OCH3 is 1. The maximum Gasteiger partial charge on any atom is 0.248 e. The van der Waals surface area contributed by atoms with Crippen LogP contribution in [0.5, 0.6) is 0 Å². The highest BCUT2D eigenvalue weighted by Gasteiger charge is 2.28. The number of likely N-dealkylation sites (tertiary alicyclic amines) is 1. The Morgan fingerprint density at radius 2 is 2.25 bits per heavy atom. The van der Waals surface area contributed by atoms with Crippen molar-refractivity contribution < 1.29 is 14.3 Å². The predicted molar refractivity (Wildman–Crippen MR) is 62.3 cm³/mol. The van der Waals surface area contributed by atoms with E-state index in [1.54, 1.807) is 7.11 Å². The number of carbonyl (C=O) groups is 1. The molecule has 0 spiro atoms. The van der Waals surface area contributed by atoms with Gasteiger partial charge in [-0.25, -0.2) is 0 Å². The van der Waals surface area contributed by atoms with E-state index in [9.17, 15) is 4.79 Å². The molecule has 1 heterocycles. The van der Waals surface area contributed by atoms with Crippen LogP contribution in [-0.2, 0) is 14.3 Å². The maximum absolute atomic E-state index is 11.8. The van der Waals surface area contributed by atoms with Crippen LogP contribution in [0.4, 0.5) is 0 Å². The van der Waals surface area contributed by atoms with E-state index in [1.165, 1.54) is 0 Å². The van der Waals surface area contributed by atoms with Gasteiger partial charge in [-0.15, -0.1) is 0 Å². The zero-order chi connectivity index (χ0) is 12.0. The lowest BCUT2D eigenvalue weighted by atomic mass is 9.96. The van der Waals surface area contributed by atoms with Gasteiger partial charge in [0.1, 0.15) is 6.61 Å². The van der Waals surface area contributed by atoms with Crippen molar-refractivity contribution in [2.45, 2.75) is 32.8 Å². The summed E-state index contributed by atoms with van der Waals surface area (Å²) >= 11 is 0. The molecule has 1 amide bonds. The Morgan fingerprint density at radius 3 is 2.88 bits per heavy atom.